The van der Waals surface area contributed by atoms with Crippen molar-refractivity contribution in [2.75, 3.05) is 6.54 Å². The molecule has 2 N–H and O–H groups in total. The van der Waals surface area contributed by atoms with Gasteiger partial charge in [0.15, 0.2) is 0 Å². The van der Waals surface area contributed by atoms with Crippen molar-refractivity contribution in [2.45, 2.75) is 19.0 Å². The van der Waals surface area contributed by atoms with Crippen LogP contribution in [0.5, 0.6) is 0 Å². The molecule has 1 amide bonds. The predicted octanol–water partition coefficient (Wildman–Crippen LogP) is 1.46. The molecule has 1 saturated heterocycles. The van der Waals surface area contributed by atoms with Crippen LogP contribution in [0.3, 0.4) is 0 Å². The van der Waals surface area contributed by atoms with E-state index in [9.17, 15) is 4.79 Å². The van der Waals surface area contributed by atoms with Crippen LogP contribution in [0.25, 0.3) is 0 Å². The Labute approximate surface area is 91.5 Å². The van der Waals surface area contributed by atoms with Crippen molar-refractivity contribution in [1.29, 1.82) is 0 Å². The number of thiophene rings is 1. The second-order valence-electron chi connectivity index (χ2n) is 3.44. The minimum absolute atomic E-state index is 0.00191. The number of carbonyl (C=O) groups excluding carboxylic acids is 1. The zero-order valence-corrected chi connectivity index (χ0v) is 9.14. The van der Waals surface area contributed by atoms with Gasteiger partial charge >= 0.3 is 0 Å². The molecule has 2 heterocycles. The van der Waals surface area contributed by atoms with Crippen LogP contribution in [0.4, 0.5) is 0 Å². The monoisotopic (exact) mass is 230 g/mol. The Hall–Kier alpha value is -0.580. The maximum Gasteiger partial charge on any atom is 0.224 e. The third kappa shape index (κ3) is 2.08. The fourth-order valence-corrected chi connectivity index (χ4v) is 2.68. The summed E-state index contributed by atoms with van der Waals surface area (Å²) in [6, 6.07) is 3.80. The lowest BCUT2D eigenvalue weighted by atomic mass is 10.3. The summed E-state index contributed by atoms with van der Waals surface area (Å²) in [6.07, 6.45) is 0.471. The normalized spacial score (nSPS) is 22.0. The summed E-state index contributed by atoms with van der Waals surface area (Å²) < 4.78 is 0.760. The first-order valence-electron chi connectivity index (χ1n) is 4.43. The van der Waals surface area contributed by atoms with E-state index >= 15 is 0 Å². The van der Waals surface area contributed by atoms with Crippen molar-refractivity contribution >= 4 is 28.8 Å². The molecule has 14 heavy (non-hydrogen) atoms. The van der Waals surface area contributed by atoms with E-state index in [0.29, 0.717) is 19.5 Å². The van der Waals surface area contributed by atoms with Crippen molar-refractivity contribution < 1.29 is 4.79 Å². The van der Waals surface area contributed by atoms with E-state index in [2.05, 4.69) is 0 Å². The summed E-state index contributed by atoms with van der Waals surface area (Å²) >= 11 is 7.31. The highest BCUT2D eigenvalue weighted by Crippen LogP contribution is 2.24. The highest BCUT2D eigenvalue weighted by Gasteiger charge is 2.26. The summed E-state index contributed by atoms with van der Waals surface area (Å²) in [7, 11) is 0. The molecule has 0 spiro atoms. The molecular formula is C9H11ClN2OS. The molecule has 1 aliphatic rings. The average molecular weight is 231 g/mol. The van der Waals surface area contributed by atoms with Crippen LogP contribution < -0.4 is 5.73 Å². The molecule has 0 radical (unpaired) electrons. The first kappa shape index (κ1) is 9.96. The number of carbonyl (C=O) groups is 1. The summed E-state index contributed by atoms with van der Waals surface area (Å²) in [4.78, 5) is 14.3. The SMILES string of the molecule is NC1CC(=O)N(Cc2ccc(Cl)s2)C1. The van der Waals surface area contributed by atoms with Crippen molar-refractivity contribution in [3.63, 3.8) is 0 Å². The molecule has 1 aromatic heterocycles. The lowest BCUT2D eigenvalue weighted by Gasteiger charge is -2.14. The Kier molecular flexibility index (Phi) is 2.76. The molecule has 1 unspecified atom stereocenters. The van der Waals surface area contributed by atoms with E-state index in [1.807, 2.05) is 12.1 Å². The number of nitrogens with two attached hydrogens (primary N) is 1. The molecule has 1 aromatic rings. The fraction of sp³-hybridized carbons (Fsp3) is 0.444. The third-order valence-corrected chi connectivity index (χ3v) is 3.44. The zero-order valence-electron chi connectivity index (χ0n) is 7.57. The Bertz CT molecular complexity index is 352. The minimum atomic E-state index is -0.00191. The first-order valence-corrected chi connectivity index (χ1v) is 5.62. The summed E-state index contributed by atoms with van der Waals surface area (Å²) in [5.41, 5.74) is 5.69. The Balaban J connectivity index is 2.01. The van der Waals surface area contributed by atoms with Gasteiger partial charge in [-0.3, -0.25) is 4.79 Å². The molecule has 5 heteroatoms. The predicted molar refractivity (Wildman–Crippen MR) is 57.3 cm³/mol. The van der Waals surface area contributed by atoms with Gasteiger partial charge in [-0.1, -0.05) is 11.6 Å². The number of halogens is 1. The lowest BCUT2D eigenvalue weighted by Crippen LogP contribution is -2.27. The average Bonchev–Trinajstić information content (AvgIpc) is 2.61. The quantitative estimate of drug-likeness (QED) is 0.836. The van der Waals surface area contributed by atoms with E-state index in [1.54, 1.807) is 4.90 Å². The van der Waals surface area contributed by atoms with Crippen LogP contribution in [0, 0.1) is 0 Å². The van der Waals surface area contributed by atoms with Gasteiger partial charge in [0.05, 0.1) is 10.9 Å². The lowest BCUT2D eigenvalue weighted by molar-refractivity contribution is -0.128. The smallest absolute Gasteiger partial charge is 0.224 e. The van der Waals surface area contributed by atoms with Crippen LogP contribution in [0.2, 0.25) is 4.34 Å². The largest absolute Gasteiger partial charge is 0.336 e. The Morgan fingerprint density at radius 1 is 1.64 bits per heavy atom. The highest BCUT2D eigenvalue weighted by atomic mass is 35.5. The van der Waals surface area contributed by atoms with Crippen molar-refractivity contribution in [3.8, 4) is 0 Å². The van der Waals surface area contributed by atoms with Crippen molar-refractivity contribution in [2.24, 2.45) is 5.73 Å². The molecule has 1 fully saturated rings. The maximum atomic E-state index is 11.4. The van der Waals surface area contributed by atoms with E-state index in [-0.39, 0.29) is 11.9 Å². The molecule has 1 atom stereocenters. The van der Waals surface area contributed by atoms with Crippen molar-refractivity contribution in [1.82, 2.24) is 4.90 Å². The van der Waals surface area contributed by atoms with Crippen LogP contribution in [0.15, 0.2) is 12.1 Å². The van der Waals surface area contributed by atoms with E-state index in [1.165, 1.54) is 11.3 Å². The molecule has 0 aliphatic carbocycles. The van der Waals surface area contributed by atoms with Gasteiger partial charge in [-0.15, -0.1) is 11.3 Å². The fourth-order valence-electron chi connectivity index (χ4n) is 1.58. The van der Waals surface area contributed by atoms with Crippen molar-refractivity contribution in [3.05, 3.63) is 21.3 Å². The van der Waals surface area contributed by atoms with Gasteiger partial charge in [0.25, 0.3) is 0 Å². The van der Waals surface area contributed by atoms with Crippen LogP contribution in [-0.2, 0) is 11.3 Å². The standard InChI is InChI=1S/C9H11ClN2OS/c10-8-2-1-7(14-8)5-12-4-6(11)3-9(12)13/h1-2,6H,3-5,11H2. The molecule has 76 valence electrons. The zero-order chi connectivity index (χ0) is 10.1. The number of rotatable bonds is 2. The number of nitrogens with zero attached hydrogens (tertiary/aromatic N) is 1. The number of hydrogen-bond donors (Lipinski definition) is 1. The van der Waals surface area contributed by atoms with Gasteiger partial charge in [0.2, 0.25) is 5.91 Å². The molecular weight excluding hydrogens is 220 g/mol. The molecule has 0 bridgehead atoms. The van der Waals surface area contributed by atoms with Crippen LogP contribution in [-0.4, -0.2) is 23.4 Å². The summed E-state index contributed by atoms with van der Waals surface area (Å²) in [6.45, 7) is 1.30. The van der Waals surface area contributed by atoms with Gasteiger partial charge in [0.1, 0.15) is 0 Å². The summed E-state index contributed by atoms with van der Waals surface area (Å²) in [5.74, 6) is 0.141. The van der Waals surface area contributed by atoms with E-state index < -0.39 is 0 Å². The second kappa shape index (κ2) is 3.88. The van der Waals surface area contributed by atoms with Gasteiger partial charge in [0, 0.05) is 23.9 Å². The highest BCUT2D eigenvalue weighted by molar-refractivity contribution is 7.16. The van der Waals surface area contributed by atoms with Crippen LogP contribution in [0.1, 0.15) is 11.3 Å². The van der Waals surface area contributed by atoms with Gasteiger partial charge in [-0.05, 0) is 12.1 Å². The van der Waals surface area contributed by atoms with Gasteiger partial charge in [-0.2, -0.15) is 0 Å². The Morgan fingerprint density at radius 2 is 2.43 bits per heavy atom. The maximum absolute atomic E-state index is 11.4. The molecule has 0 saturated carbocycles. The number of hydrogen-bond acceptors (Lipinski definition) is 3. The van der Waals surface area contributed by atoms with Gasteiger partial charge in [-0.25, -0.2) is 0 Å². The van der Waals surface area contributed by atoms with E-state index in [0.717, 1.165) is 9.21 Å². The summed E-state index contributed by atoms with van der Waals surface area (Å²) in [5, 5.41) is 0. The van der Waals surface area contributed by atoms with E-state index in [4.69, 9.17) is 17.3 Å². The number of likely N-dealkylation sites (tertiary alicyclic amines) is 1. The second-order valence-corrected chi connectivity index (χ2v) is 5.24. The topological polar surface area (TPSA) is 46.3 Å². The molecule has 1 aliphatic heterocycles. The molecule has 3 nitrogen and oxygen atoms in total. The Morgan fingerprint density at radius 3 is 2.93 bits per heavy atom. The number of amides is 1. The van der Waals surface area contributed by atoms with Gasteiger partial charge < -0.3 is 10.6 Å². The molecule has 2 rings (SSSR count). The first-order chi connectivity index (χ1) is 6.65. The minimum Gasteiger partial charge on any atom is -0.336 e. The third-order valence-electron chi connectivity index (χ3n) is 2.22. The molecule has 0 aromatic carbocycles. The van der Waals surface area contributed by atoms with Crippen LogP contribution >= 0.6 is 22.9 Å².